The van der Waals surface area contributed by atoms with E-state index in [0.717, 1.165) is 19.6 Å². The average Bonchev–Trinajstić information content (AvgIpc) is 2.49. The van der Waals surface area contributed by atoms with Crippen molar-refractivity contribution in [3.63, 3.8) is 0 Å². The second kappa shape index (κ2) is 6.95. The van der Waals surface area contributed by atoms with Gasteiger partial charge >= 0.3 is 0 Å². The van der Waals surface area contributed by atoms with Gasteiger partial charge in [0.15, 0.2) is 0 Å². The molecule has 0 spiro atoms. The summed E-state index contributed by atoms with van der Waals surface area (Å²) in [5.41, 5.74) is 2.54. The summed E-state index contributed by atoms with van der Waals surface area (Å²) in [5, 5.41) is 3.48. The van der Waals surface area contributed by atoms with Crippen molar-refractivity contribution in [1.82, 2.24) is 10.2 Å². The number of nitrogens with one attached hydrogen (secondary N) is 1. The zero-order valence-corrected chi connectivity index (χ0v) is 11.5. The van der Waals surface area contributed by atoms with Crippen molar-refractivity contribution in [3.8, 4) is 0 Å². The van der Waals surface area contributed by atoms with E-state index in [0.29, 0.717) is 6.04 Å². The van der Waals surface area contributed by atoms with Crippen molar-refractivity contribution in [1.29, 1.82) is 0 Å². The van der Waals surface area contributed by atoms with Crippen LogP contribution in [0, 0.1) is 0 Å². The maximum Gasteiger partial charge on any atom is 0.0667 e. The maximum atomic E-state index is 3.95. The van der Waals surface area contributed by atoms with Gasteiger partial charge in [0.2, 0.25) is 0 Å². The minimum Gasteiger partial charge on any atom is -0.362 e. The highest BCUT2D eigenvalue weighted by Gasteiger charge is 2.23. The number of rotatable bonds is 4. The van der Waals surface area contributed by atoms with Crippen LogP contribution in [0.25, 0.3) is 0 Å². The van der Waals surface area contributed by atoms with Crippen molar-refractivity contribution >= 4 is 0 Å². The summed E-state index contributed by atoms with van der Waals surface area (Å²) < 4.78 is 0. The Bertz CT molecular complexity index is 459. The Balaban J connectivity index is 2.27. The molecule has 1 aromatic rings. The largest absolute Gasteiger partial charge is 0.362 e. The molecule has 1 aliphatic rings. The van der Waals surface area contributed by atoms with Gasteiger partial charge in [0.1, 0.15) is 0 Å². The fraction of sp³-hybridized carbons (Fsp3) is 0.294. The Hall–Kier alpha value is -1.80. The quantitative estimate of drug-likeness (QED) is 0.830. The highest BCUT2D eigenvalue weighted by Crippen LogP contribution is 2.26. The van der Waals surface area contributed by atoms with Crippen molar-refractivity contribution in [2.24, 2.45) is 0 Å². The Morgan fingerprint density at radius 1 is 1.37 bits per heavy atom. The standard InChI is InChI=1S/C17H22N2/c1-3-5-11-16(4-2)19-13-12-18-14-17(19)15-9-7-6-8-10-15/h3-11,17-18H,2,12-14H2,1H3. The van der Waals surface area contributed by atoms with Crippen LogP contribution in [0.1, 0.15) is 18.5 Å². The van der Waals surface area contributed by atoms with Crippen LogP contribution in [0.2, 0.25) is 0 Å². The van der Waals surface area contributed by atoms with Crippen LogP contribution in [0.4, 0.5) is 0 Å². The number of benzene rings is 1. The number of hydrogen-bond donors (Lipinski definition) is 1. The third-order valence-electron chi connectivity index (χ3n) is 3.43. The van der Waals surface area contributed by atoms with Crippen LogP contribution in [0.15, 0.2) is 66.9 Å². The average molecular weight is 254 g/mol. The molecule has 2 heteroatoms. The van der Waals surface area contributed by atoms with E-state index >= 15 is 0 Å². The van der Waals surface area contributed by atoms with Gasteiger partial charge in [-0.2, -0.15) is 0 Å². The smallest absolute Gasteiger partial charge is 0.0667 e. The first-order valence-electron chi connectivity index (χ1n) is 6.84. The van der Waals surface area contributed by atoms with Gasteiger partial charge < -0.3 is 10.2 Å². The summed E-state index contributed by atoms with van der Waals surface area (Å²) in [4.78, 5) is 2.43. The highest BCUT2D eigenvalue weighted by atomic mass is 15.2. The molecule has 19 heavy (non-hydrogen) atoms. The van der Waals surface area contributed by atoms with Gasteiger partial charge in [-0.15, -0.1) is 0 Å². The van der Waals surface area contributed by atoms with Gasteiger partial charge in [0, 0.05) is 25.3 Å². The van der Waals surface area contributed by atoms with Crippen LogP contribution in [-0.2, 0) is 0 Å². The molecule has 0 bridgehead atoms. The molecule has 100 valence electrons. The lowest BCUT2D eigenvalue weighted by molar-refractivity contribution is 0.217. The van der Waals surface area contributed by atoms with E-state index in [2.05, 4.69) is 59.3 Å². The lowest BCUT2D eigenvalue weighted by atomic mass is 10.0. The molecule has 1 atom stereocenters. The summed E-state index contributed by atoms with van der Waals surface area (Å²) in [7, 11) is 0. The molecular weight excluding hydrogens is 232 g/mol. The monoisotopic (exact) mass is 254 g/mol. The molecule has 0 radical (unpaired) electrons. The number of allylic oxidation sites excluding steroid dienone is 4. The molecule has 2 nitrogen and oxygen atoms in total. The van der Waals surface area contributed by atoms with Gasteiger partial charge in [0.05, 0.1) is 6.04 Å². The van der Waals surface area contributed by atoms with Crippen molar-refractivity contribution in [2.45, 2.75) is 13.0 Å². The zero-order chi connectivity index (χ0) is 13.5. The lowest BCUT2D eigenvalue weighted by Gasteiger charge is -2.39. The van der Waals surface area contributed by atoms with E-state index in [4.69, 9.17) is 0 Å². The molecule has 0 aromatic heterocycles. The van der Waals surface area contributed by atoms with Crippen LogP contribution < -0.4 is 5.32 Å². The fourth-order valence-electron chi connectivity index (χ4n) is 2.46. The van der Waals surface area contributed by atoms with E-state index < -0.39 is 0 Å². The van der Waals surface area contributed by atoms with E-state index in [1.807, 2.05) is 19.1 Å². The van der Waals surface area contributed by atoms with Crippen molar-refractivity contribution < 1.29 is 0 Å². The van der Waals surface area contributed by atoms with E-state index in [1.54, 1.807) is 0 Å². The first-order chi connectivity index (χ1) is 9.36. The number of hydrogen-bond acceptors (Lipinski definition) is 2. The summed E-state index contributed by atoms with van der Waals surface area (Å²) in [5.74, 6) is 0. The Kier molecular flexibility index (Phi) is 4.99. The number of nitrogens with zero attached hydrogens (tertiary/aromatic N) is 1. The van der Waals surface area contributed by atoms with Crippen LogP contribution in [0.3, 0.4) is 0 Å². The lowest BCUT2D eigenvalue weighted by Crippen LogP contribution is -2.45. The topological polar surface area (TPSA) is 15.3 Å². The van der Waals surface area contributed by atoms with Gasteiger partial charge in [-0.3, -0.25) is 0 Å². The maximum absolute atomic E-state index is 3.95. The molecule has 2 rings (SSSR count). The summed E-state index contributed by atoms with van der Waals surface area (Å²) in [6, 6.07) is 11.0. The Morgan fingerprint density at radius 3 is 2.84 bits per heavy atom. The summed E-state index contributed by atoms with van der Waals surface area (Å²) >= 11 is 0. The normalized spacial score (nSPS) is 20.8. The van der Waals surface area contributed by atoms with E-state index in [-0.39, 0.29) is 0 Å². The van der Waals surface area contributed by atoms with Crippen LogP contribution >= 0.6 is 0 Å². The third kappa shape index (κ3) is 3.36. The molecule has 1 heterocycles. The van der Waals surface area contributed by atoms with E-state index in [1.165, 1.54) is 11.3 Å². The molecule has 0 aliphatic carbocycles. The molecule has 1 aliphatic heterocycles. The summed E-state index contributed by atoms with van der Waals surface area (Å²) in [6.45, 7) is 8.99. The predicted octanol–water partition coefficient (Wildman–Crippen LogP) is 3.28. The van der Waals surface area contributed by atoms with Crippen molar-refractivity contribution in [2.75, 3.05) is 19.6 Å². The number of piperazine rings is 1. The first kappa shape index (κ1) is 13.6. The second-order valence-corrected chi connectivity index (χ2v) is 4.65. The van der Waals surface area contributed by atoms with Gasteiger partial charge in [0.25, 0.3) is 0 Å². The van der Waals surface area contributed by atoms with Crippen molar-refractivity contribution in [3.05, 3.63) is 72.5 Å². The second-order valence-electron chi connectivity index (χ2n) is 4.65. The molecule has 1 fully saturated rings. The zero-order valence-electron chi connectivity index (χ0n) is 11.5. The minimum atomic E-state index is 0.379. The fourth-order valence-corrected chi connectivity index (χ4v) is 2.46. The van der Waals surface area contributed by atoms with Gasteiger partial charge in [-0.05, 0) is 24.6 Å². The van der Waals surface area contributed by atoms with E-state index in [9.17, 15) is 0 Å². The Morgan fingerprint density at radius 2 is 2.16 bits per heavy atom. The molecule has 1 unspecified atom stereocenters. The highest BCUT2D eigenvalue weighted by molar-refractivity contribution is 5.27. The predicted molar refractivity (Wildman–Crippen MR) is 81.9 cm³/mol. The molecule has 0 saturated carbocycles. The van der Waals surface area contributed by atoms with Crippen LogP contribution in [0.5, 0.6) is 0 Å². The Labute approximate surface area is 116 Å². The SMILES string of the molecule is C=CC(=CC=CC)N1CCNCC1c1ccccc1. The first-order valence-corrected chi connectivity index (χ1v) is 6.84. The van der Waals surface area contributed by atoms with Gasteiger partial charge in [-0.25, -0.2) is 0 Å². The minimum absolute atomic E-state index is 0.379. The summed E-state index contributed by atoms with van der Waals surface area (Å²) in [6.07, 6.45) is 8.19. The molecular formula is C17H22N2. The van der Waals surface area contributed by atoms with Gasteiger partial charge in [-0.1, -0.05) is 49.1 Å². The van der Waals surface area contributed by atoms with Crippen LogP contribution in [-0.4, -0.2) is 24.5 Å². The molecule has 1 N–H and O–H groups in total. The molecule has 0 amide bonds. The molecule has 1 saturated heterocycles. The molecule has 1 aromatic carbocycles. The third-order valence-corrected chi connectivity index (χ3v) is 3.43.